The summed E-state index contributed by atoms with van der Waals surface area (Å²) in [6.45, 7) is 1.76. The van der Waals surface area contributed by atoms with E-state index in [2.05, 4.69) is 15.6 Å². The number of nitrogens with zero attached hydrogens (tertiary/aromatic N) is 3. The highest BCUT2D eigenvalue weighted by molar-refractivity contribution is 6.03. The Balaban J connectivity index is 1.91. The minimum absolute atomic E-state index is 0.188. The number of nitrogens with one attached hydrogen (secondary N) is 1. The van der Waals surface area contributed by atoms with Crippen LogP contribution in [0.5, 0.6) is 23.0 Å². The third-order valence-electron chi connectivity index (χ3n) is 4.30. The van der Waals surface area contributed by atoms with Gasteiger partial charge in [-0.25, -0.2) is 4.68 Å². The minimum Gasteiger partial charge on any atom is -0.497 e. The number of aromatic nitrogens is 3. The number of carbonyl (C=O) groups is 1. The largest absolute Gasteiger partial charge is 0.497 e. The summed E-state index contributed by atoms with van der Waals surface area (Å²) < 4.78 is 22.6. The molecule has 0 atom stereocenters. The first-order valence-corrected chi connectivity index (χ1v) is 8.69. The molecular weight excluding hydrogens is 376 g/mol. The van der Waals surface area contributed by atoms with Gasteiger partial charge in [-0.15, -0.1) is 5.10 Å². The number of hydrogen-bond acceptors (Lipinski definition) is 7. The van der Waals surface area contributed by atoms with Crippen molar-refractivity contribution in [2.75, 3.05) is 33.8 Å². The van der Waals surface area contributed by atoms with Crippen LogP contribution in [-0.2, 0) is 0 Å². The Morgan fingerprint density at radius 3 is 1.79 bits per heavy atom. The highest BCUT2D eigenvalue weighted by Gasteiger charge is 2.19. The van der Waals surface area contributed by atoms with Gasteiger partial charge >= 0.3 is 0 Å². The lowest BCUT2D eigenvalue weighted by atomic mass is 10.2. The summed E-state index contributed by atoms with van der Waals surface area (Å²) in [4.78, 5) is 12.8. The number of carbonyl (C=O) groups excluding carboxylic acids is 1. The monoisotopic (exact) mass is 398 g/mol. The maximum absolute atomic E-state index is 12.8. The Morgan fingerprint density at radius 1 is 0.828 bits per heavy atom. The molecule has 0 spiro atoms. The van der Waals surface area contributed by atoms with Gasteiger partial charge in [-0.1, -0.05) is 5.21 Å². The van der Waals surface area contributed by atoms with E-state index in [-0.39, 0.29) is 5.69 Å². The molecule has 0 fully saturated rings. The molecule has 9 nitrogen and oxygen atoms in total. The quantitative estimate of drug-likeness (QED) is 0.654. The van der Waals surface area contributed by atoms with Gasteiger partial charge in [0.1, 0.15) is 23.0 Å². The molecule has 0 aliphatic heterocycles. The Morgan fingerprint density at radius 2 is 1.31 bits per heavy atom. The summed E-state index contributed by atoms with van der Waals surface area (Å²) in [7, 11) is 6.21. The first-order chi connectivity index (χ1) is 14.0. The van der Waals surface area contributed by atoms with E-state index >= 15 is 0 Å². The summed E-state index contributed by atoms with van der Waals surface area (Å²) in [5, 5.41) is 10.9. The van der Waals surface area contributed by atoms with E-state index in [4.69, 9.17) is 18.9 Å². The third-order valence-corrected chi connectivity index (χ3v) is 4.30. The van der Waals surface area contributed by atoms with Crippen LogP contribution in [0.4, 0.5) is 5.69 Å². The van der Waals surface area contributed by atoms with Gasteiger partial charge in [0.25, 0.3) is 5.91 Å². The van der Waals surface area contributed by atoms with Crippen LogP contribution >= 0.6 is 0 Å². The van der Waals surface area contributed by atoms with Crippen LogP contribution < -0.4 is 24.3 Å². The molecule has 1 N–H and O–H groups in total. The van der Waals surface area contributed by atoms with E-state index < -0.39 is 5.91 Å². The molecule has 1 heterocycles. The Bertz CT molecular complexity index is 987. The lowest BCUT2D eigenvalue weighted by molar-refractivity contribution is 0.102. The van der Waals surface area contributed by atoms with Gasteiger partial charge < -0.3 is 24.3 Å². The maximum Gasteiger partial charge on any atom is 0.278 e. The van der Waals surface area contributed by atoms with Gasteiger partial charge in [0.05, 0.1) is 39.8 Å². The second-order valence-electron chi connectivity index (χ2n) is 6.06. The molecule has 152 valence electrons. The summed E-state index contributed by atoms with van der Waals surface area (Å²) in [6, 6.07) is 10.4. The first-order valence-electron chi connectivity index (χ1n) is 8.69. The van der Waals surface area contributed by atoms with E-state index in [0.717, 1.165) is 0 Å². The second kappa shape index (κ2) is 8.51. The number of hydrogen-bond donors (Lipinski definition) is 1. The molecule has 0 unspecified atom stereocenters. The van der Waals surface area contributed by atoms with Crippen molar-refractivity contribution in [1.29, 1.82) is 0 Å². The first kappa shape index (κ1) is 20.0. The Hall–Kier alpha value is -3.75. The lowest BCUT2D eigenvalue weighted by Crippen LogP contribution is -2.14. The molecule has 3 aromatic rings. The number of anilines is 1. The highest BCUT2D eigenvalue weighted by atomic mass is 16.5. The summed E-state index contributed by atoms with van der Waals surface area (Å²) in [5.41, 5.74) is 1.93. The van der Waals surface area contributed by atoms with Crippen LogP contribution in [0.2, 0.25) is 0 Å². The van der Waals surface area contributed by atoms with Crippen LogP contribution in [-0.4, -0.2) is 49.3 Å². The van der Waals surface area contributed by atoms with E-state index in [1.807, 2.05) is 0 Å². The van der Waals surface area contributed by atoms with E-state index in [9.17, 15) is 4.79 Å². The van der Waals surface area contributed by atoms with Crippen molar-refractivity contribution in [3.63, 3.8) is 0 Å². The molecule has 1 aromatic heterocycles. The zero-order chi connectivity index (χ0) is 21.0. The van der Waals surface area contributed by atoms with E-state index in [1.54, 1.807) is 76.4 Å². The number of benzene rings is 2. The standard InChI is InChI=1S/C20H22N4O5/c1-12-19(20(25)21-13-6-15(26-2)10-16(7-13)27-3)22-23-24(12)14-8-17(28-4)11-18(9-14)29-5/h6-11H,1-5H3,(H,21,25). The molecule has 29 heavy (non-hydrogen) atoms. The van der Waals surface area contributed by atoms with Crippen molar-refractivity contribution in [1.82, 2.24) is 15.0 Å². The van der Waals surface area contributed by atoms with Gasteiger partial charge in [0, 0.05) is 42.1 Å². The van der Waals surface area contributed by atoms with Crippen molar-refractivity contribution in [3.05, 3.63) is 47.8 Å². The molecule has 9 heteroatoms. The number of ether oxygens (including phenoxy) is 4. The van der Waals surface area contributed by atoms with Gasteiger partial charge in [0.2, 0.25) is 0 Å². The van der Waals surface area contributed by atoms with Crippen LogP contribution in [0.15, 0.2) is 36.4 Å². The molecular formula is C20H22N4O5. The van der Waals surface area contributed by atoms with Gasteiger partial charge in [-0.05, 0) is 6.92 Å². The SMILES string of the molecule is COc1cc(NC(=O)c2nnn(-c3cc(OC)cc(OC)c3)c2C)cc(OC)c1. The molecule has 0 aliphatic carbocycles. The molecule has 1 amide bonds. The molecule has 0 saturated carbocycles. The van der Waals surface area contributed by atoms with Crippen molar-refractivity contribution < 1.29 is 23.7 Å². The van der Waals surface area contributed by atoms with Crippen molar-refractivity contribution in [3.8, 4) is 28.7 Å². The average molecular weight is 398 g/mol. The van der Waals surface area contributed by atoms with Crippen LogP contribution in [0, 0.1) is 6.92 Å². The lowest BCUT2D eigenvalue weighted by Gasteiger charge is -2.10. The maximum atomic E-state index is 12.8. The zero-order valence-corrected chi connectivity index (χ0v) is 16.8. The minimum atomic E-state index is -0.404. The fourth-order valence-electron chi connectivity index (χ4n) is 2.77. The number of methoxy groups -OCH3 is 4. The number of amides is 1. The second-order valence-corrected chi connectivity index (χ2v) is 6.06. The molecule has 0 bridgehead atoms. The molecule has 3 rings (SSSR count). The van der Waals surface area contributed by atoms with Crippen LogP contribution in [0.25, 0.3) is 5.69 Å². The summed E-state index contributed by atoms with van der Waals surface area (Å²) in [5.74, 6) is 1.92. The van der Waals surface area contributed by atoms with Crippen molar-refractivity contribution in [2.45, 2.75) is 6.92 Å². The molecule has 0 radical (unpaired) electrons. The fraction of sp³-hybridized carbons (Fsp3) is 0.250. The average Bonchev–Trinajstić information content (AvgIpc) is 3.14. The van der Waals surface area contributed by atoms with Crippen LogP contribution in [0.1, 0.15) is 16.2 Å². The summed E-state index contributed by atoms with van der Waals surface area (Å²) in [6.07, 6.45) is 0. The molecule has 0 saturated heterocycles. The third kappa shape index (κ3) is 4.23. The predicted octanol–water partition coefficient (Wildman–Crippen LogP) is 2.86. The topological polar surface area (TPSA) is 96.7 Å². The normalized spacial score (nSPS) is 10.4. The molecule has 0 aliphatic rings. The summed E-state index contributed by atoms with van der Waals surface area (Å²) >= 11 is 0. The van der Waals surface area contributed by atoms with Crippen LogP contribution in [0.3, 0.4) is 0 Å². The van der Waals surface area contributed by atoms with E-state index in [1.165, 1.54) is 0 Å². The smallest absolute Gasteiger partial charge is 0.278 e. The van der Waals surface area contributed by atoms with Gasteiger partial charge in [-0.3, -0.25) is 4.79 Å². The highest BCUT2D eigenvalue weighted by Crippen LogP contribution is 2.27. The van der Waals surface area contributed by atoms with Crippen molar-refractivity contribution in [2.24, 2.45) is 0 Å². The molecule has 2 aromatic carbocycles. The van der Waals surface area contributed by atoms with E-state index in [0.29, 0.717) is 40.1 Å². The van der Waals surface area contributed by atoms with Crippen molar-refractivity contribution >= 4 is 11.6 Å². The fourth-order valence-corrected chi connectivity index (χ4v) is 2.77. The predicted molar refractivity (Wildman–Crippen MR) is 107 cm³/mol. The van der Waals surface area contributed by atoms with Gasteiger partial charge in [-0.2, -0.15) is 0 Å². The Labute approximate surface area is 168 Å². The number of rotatable bonds is 7. The zero-order valence-electron chi connectivity index (χ0n) is 16.8. The Kier molecular flexibility index (Phi) is 5.87. The van der Waals surface area contributed by atoms with Gasteiger partial charge in [0.15, 0.2) is 5.69 Å².